The topological polar surface area (TPSA) is 218 Å². The van der Waals surface area contributed by atoms with Gasteiger partial charge in [-0.25, -0.2) is 0 Å². The number of aliphatic hydroxyl groups excluding tert-OH is 8. The second-order valence-electron chi connectivity index (χ2n) is 9.86. The molecule has 13 atom stereocenters. The Morgan fingerprint density at radius 1 is 0.778 bits per heavy atom. The van der Waals surface area contributed by atoms with Crippen molar-refractivity contribution in [1.29, 1.82) is 0 Å². The molecule has 0 bridgehead atoms. The van der Waals surface area contributed by atoms with E-state index in [1.807, 2.05) is 30.3 Å². The van der Waals surface area contributed by atoms with Crippen molar-refractivity contribution < 1.29 is 50.3 Å². The fourth-order valence-corrected chi connectivity index (χ4v) is 5.10. The number of anilines is 1. The molecular weight excluding hydrogens is 476 g/mol. The van der Waals surface area contributed by atoms with Crippen LogP contribution in [0.4, 0.5) is 5.69 Å². The molecule has 206 valence electrons. The first kappa shape index (κ1) is 29.1. The highest BCUT2D eigenvalue weighted by molar-refractivity contribution is 5.43. The monoisotopic (exact) mass is 516 g/mol. The summed E-state index contributed by atoms with van der Waals surface area (Å²) < 4.78 is 11.5. The predicted octanol–water partition coefficient (Wildman–Crippen LogP) is -3.10. The lowest BCUT2D eigenvalue weighted by atomic mass is 9.79. The molecule has 2 fully saturated rings. The van der Waals surface area contributed by atoms with Crippen LogP contribution in [-0.4, -0.2) is 127 Å². The van der Waals surface area contributed by atoms with Gasteiger partial charge in [0.25, 0.3) is 0 Å². The second-order valence-corrected chi connectivity index (χ2v) is 9.86. The molecule has 2 aliphatic rings. The minimum atomic E-state index is -1.55. The van der Waals surface area contributed by atoms with Gasteiger partial charge in [0.15, 0.2) is 0 Å². The summed E-state index contributed by atoms with van der Waals surface area (Å²) in [6.45, 7) is 0.592. The summed E-state index contributed by atoms with van der Waals surface area (Å²) in [6, 6.07) is 8.13. The zero-order chi connectivity index (χ0) is 26.6. The molecule has 0 spiro atoms. The van der Waals surface area contributed by atoms with Crippen LogP contribution in [0.2, 0.25) is 0 Å². The molecular formula is C24H40N2O10. The van der Waals surface area contributed by atoms with E-state index in [0.29, 0.717) is 0 Å². The third-order valence-corrected chi connectivity index (χ3v) is 7.24. The molecule has 1 aromatic rings. The van der Waals surface area contributed by atoms with Crippen LogP contribution in [0, 0.1) is 5.92 Å². The van der Waals surface area contributed by atoms with Crippen molar-refractivity contribution >= 4 is 5.69 Å². The van der Waals surface area contributed by atoms with Crippen LogP contribution in [-0.2, 0) is 9.47 Å². The number of ether oxygens (including phenoxy) is 2. The summed E-state index contributed by atoms with van der Waals surface area (Å²) in [6.07, 6.45) is -12.7. The van der Waals surface area contributed by atoms with Gasteiger partial charge in [0, 0.05) is 23.7 Å². The summed E-state index contributed by atoms with van der Waals surface area (Å²) in [5.41, 5.74) is 7.01. The number of benzene rings is 1. The molecule has 36 heavy (non-hydrogen) atoms. The van der Waals surface area contributed by atoms with Crippen LogP contribution < -0.4 is 11.1 Å². The van der Waals surface area contributed by atoms with E-state index in [1.54, 1.807) is 6.92 Å². The van der Waals surface area contributed by atoms with E-state index in [1.165, 1.54) is 0 Å². The second kappa shape index (κ2) is 12.9. The molecule has 3 unspecified atom stereocenters. The van der Waals surface area contributed by atoms with E-state index in [0.717, 1.165) is 5.69 Å². The summed E-state index contributed by atoms with van der Waals surface area (Å²) in [5.74, 6) is -0.581. The summed E-state index contributed by atoms with van der Waals surface area (Å²) in [5, 5.41) is 84.6. The number of aliphatic hydroxyl groups is 8. The first-order chi connectivity index (χ1) is 17.1. The van der Waals surface area contributed by atoms with Gasteiger partial charge >= 0.3 is 0 Å². The average molecular weight is 517 g/mol. The summed E-state index contributed by atoms with van der Waals surface area (Å²) in [7, 11) is 0. The third-order valence-electron chi connectivity index (χ3n) is 7.24. The molecule has 2 saturated heterocycles. The Balaban J connectivity index is 1.85. The van der Waals surface area contributed by atoms with Crippen LogP contribution in [0.25, 0.3) is 0 Å². The maximum absolute atomic E-state index is 10.7. The Kier molecular flexibility index (Phi) is 10.4. The maximum Gasteiger partial charge on any atom is 0.111 e. The van der Waals surface area contributed by atoms with Gasteiger partial charge in [-0.3, -0.25) is 0 Å². The lowest BCUT2D eigenvalue weighted by Crippen LogP contribution is -2.62. The van der Waals surface area contributed by atoms with Crippen LogP contribution in [0.5, 0.6) is 0 Å². The lowest BCUT2D eigenvalue weighted by Gasteiger charge is -2.45. The SMILES string of the molecule is CC(N)C(CC(C[C@@H]1O[C@H](CO)[C@H](O)[C@H](O)[C@H]1O)Nc1ccccc1)[C@@H]1O[C@H](CO)[C@H](O)[C@H](O)[C@H]1O. The standard InChI is InChI=1S/C24H40N2O10/c1-11(25)14(24-23(34)22(33)20(31)17(10-28)36-24)7-13(26-12-5-3-2-4-6-12)8-15-18(29)21(32)19(30)16(9-27)35-15/h2-6,11,13-24,26-34H,7-10,25H2,1H3/t11?,13?,14?,15-,16+,17+,18-,19-,20-,21+,22-,23+,24-/m0/s1. The third kappa shape index (κ3) is 6.52. The average Bonchev–Trinajstić information content (AvgIpc) is 2.87. The molecule has 0 aliphatic carbocycles. The number of para-hydroxylation sites is 1. The van der Waals surface area contributed by atoms with Crippen molar-refractivity contribution in [2.75, 3.05) is 18.5 Å². The van der Waals surface area contributed by atoms with E-state index in [4.69, 9.17) is 15.2 Å². The van der Waals surface area contributed by atoms with Gasteiger partial charge in [-0.15, -0.1) is 0 Å². The van der Waals surface area contributed by atoms with Crippen molar-refractivity contribution in [3.63, 3.8) is 0 Å². The van der Waals surface area contributed by atoms with E-state index >= 15 is 0 Å². The Bertz CT molecular complexity index is 785. The molecule has 0 amide bonds. The van der Waals surface area contributed by atoms with Gasteiger partial charge in [-0.2, -0.15) is 0 Å². The molecule has 12 nitrogen and oxygen atoms in total. The Hall–Kier alpha value is -1.42. The van der Waals surface area contributed by atoms with Crippen LogP contribution in [0.15, 0.2) is 30.3 Å². The van der Waals surface area contributed by atoms with Gasteiger partial charge in [0.2, 0.25) is 0 Å². The quantitative estimate of drug-likeness (QED) is 0.149. The van der Waals surface area contributed by atoms with E-state index in [2.05, 4.69) is 5.32 Å². The highest BCUT2D eigenvalue weighted by Crippen LogP contribution is 2.33. The zero-order valence-corrected chi connectivity index (χ0v) is 20.2. The van der Waals surface area contributed by atoms with E-state index < -0.39 is 92.3 Å². The molecule has 0 aromatic heterocycles. The predicted molar refractivity (Wildman–Crippen MR) is 128 cm³/mol. The van der Waals surface area contributed by atoms with Crippen LogP contribution in [0.3, 0.4) is 0 Å². The molecule has 11 N–H and O–H groups in total. The fourth-order valence-electron chi connectivity index (χ4n) is 5.10. The molecule has 3 rings (SSSR count). The number of hydrogen-bond donors (Lipinski definition) is 10. The summed E-state index contributed by atoms with van der Waals surface area (Å²) in [4.78, 5) is 0. The number of hydrogen-bond acceptors (Lipinski definition) is 12. The summed E-state index contributed by atoms with van der Waals surface area (Å²) >= 11 is 0. The van der Waals surface area contributed by atoms with Gasteiger partial charge in [-0.1, -0.05) is 18.2 Å². The molecule has 0 saturated carbocycles. The molecule has 1 aromatic carbocycles. The zero-order valence-electron chi connectivity index (χ0n) is 20.2. The van der Waals surface area contributed by atoms with Crippen LogP contribution >= 0.6 is 0 Å². The minimum Gasteiger partial charge on any atom is -0.394 e. The van der Waals surface area contributed by atoms with Crippen molar-refractivity contribution in [3.8, 4) is 0 Å². The molecule has 12 heteroatoms. The lowest BCUT2D eigenvalue weighted by molar-refractivity contribution is -0.244. The van der Waals surface area contributed by atoms with Gasteiger partial charge in [0.1, 0.15) is 48.8 Å². The van der Waals surface area contributed by atoms with Crippen molar-refractivity contribution in [1.82, 2.24) is 0 Å². The van der Waals surface area contributed by atoms with Crippen molar-refractivity contribution in [2.45, 2.75) is 92.9 Å². The fraction of sp³-hybridized carbons (Fsp3) is 0.750. The van der Waals surface area contributed by atoms with Crippen LogP contribution in [0.1, 0.15) is 19.8 Å². The van der Waals surface area contributed by atoms with E-state index in [9.17, 15) is 40.9 Å². The smallest absolute Gasteiger partial charge is 0.111 e. The van der Waals surface area contributed by atoms with Crippen molar-refractivity contribution in [2.24, 2.45) is 11.7 Å². The Labute approximate surface area is 209 Å². The van der Waals surface area contributed by atoms with Gasteiger partial charge < -0.3 is 61.4 Å². The molecule has 2 heterocycles. The van der Waals surface area contributed by atoms with Gasteiger partial charge in [-0.05, 0) is 31.9 Å². The highest BCUT2D eigenvalue weighted by Gasteiger charge is 2.48. The number of nitrogens with one attached hydrogen (secondary N) is 1. The molecule has 0 radical (unpaired) electrons. The largest absolute Gasteiger partial charge is 0.394 e. The molecule has 2 aliphatic heterocycles. The van der Waals surface area contributed by atoms with Crippen molar-refractivity contribution in [3.05, 3.63) is 30.3 Å². The first-order valence-electron chi connectivity index (χ1n) is 12.3. The van der Waals surface area contributed by atoms with E-state index in [-0.39, 0.29) is 12.8 Å². The highest BCUT2D eigenvalue weighted by atomic mass is 16.6. The minimum absolute atomic E-state index is 0.122. The Morgan fingerprint density at radius 3 is 1.86 bits per heavy atom. The van der Waals surface area contributed by atoms with Gasteiger partial charge in [0.05, 0.1) is 25.4 Å². The first-order valence-corrected chi connectivity index (χ1v) is 12.3. The number of nitrogens with two attached hydrogens (primary N) is 1. The normalized spacial score (nSPS) is 39.8. The number of rotatable bonds is 10. The Morgan fingerprint density at radius 2 is 1.31 bits per heavy atom. The maximum atomic E-state index is 10.7.